The summed E-state index contributed by atoms with van der Waals surface area (Å²) in [6.45, 7) is 9.52. The van der Waals surface area contributed by atoms with Gasteiger partial charge in [-0.3, -0.25) is 0 Å². The van der Waals surface area contributed by atoms with E-state index in [0.29, 0.717) is 0 Å². The van der Waals surface area contributed by atoms with Crippen molar-refractivity contribution < 1.29 is 0 Å². The lowest BCUT2D eigenvalue weighted by Crippen LogP contribution is -2.14. The number of fused-ring (bicyclic) bond motifs is 8. The van der Waals surface area contributed by atoms with Crippen molar-refractivity contribution in [2.45, 2.75) is 38.5 Å². The lowest BCUT2D eigenvalue weighted by atomic mass is 9.79. The molecular formula is C62H46. The van der Waals surface area contributed by atoms with Crippen LogP contribution in [0.15, 0.2) is 206 Å². The largest absolute Gasteiger partial charge is 0.0622 e. The summed E-state index contributed by atoms with van der Waals surface area (Å²) in [5, 5.41) is 5.04. The second kappa shape index (κ2) is 13.6. The van der Waals surface area contributed by atoms with Crippen molar-refractivity contribution in [3.8, 4) is 77.9 Å². The van der Waals surface area contributed by atoms with Crippen LogP contribution in [0, 0.1) is 0 Å². The van der Waals surface area contributed by atoms with Crippen LogP contribution in [-0.2, 0) is 10.8 Å². The SMILES string of the molecule is CC1(C)c2ccccc2-c2ccc(-c3ccc4c(-c5ccc(-c6ccccc6)c(-c6ccccc6)c5)c5ccccc5c(-c5ccc6c(c5)C(C)(C)c5ccccc5-6)c4c3)cc21. The van der Waals surface area contributed by atoms with Crippen LogP contribution >= 0.6 is 0 Å². The van der Waals surface area contributed by atoms with Gasteiger partial charge in [0.15, 0.2) is 0 Å². The van der Waals surface area contributed by atoms with E-state index in [0.717, 1.165) is 0 Å². The van der Waals surface area contributed by atoms with E-state index in [9.17, 15) is 0 Å². The van der Waals surface area contributed by atoms with E-state index in [1.54, 1.807) is 0 Å². The van der Waals surface area contributed by atoms with Crippen molar-refractivity contribution in [3.63, 3.8) is 0 Å². The molecule has 0 N–H and O–H groups in total. The van der Waals surface area contributed by atoms with E-state index in [1.807, 2.05) is 0 Å². The van der Waals surface area contributed by atoms with Crippen LogP contribution in [0.2, 0.25) is 0 Å². The van der Waals surface area contributed by atoms with Gasteiger partial charge in [0, 0.05) is 10.8 Å². The Balaban J connectivity index is 1.13. The van der Waals surface area contributed by atoms with Crippen LogP contribution in [0.5, 0.6) is 0 Å². The highest BCUT2D eigenvalue weighted by Gasteiger charge is 2.37. The zero-order chi connectivity index (χ0) is 41.7. The van der Waals surface area contributed by atoms with E-state index >= 15 is 0 Å². The molecule has 10 aromatic rings. The predicted octanol–water partition coefficient (Wildman–Crippen LogP) is 16.9. The molecule has 2 aliphatic rings. The Kier molecular flexibility index (Phi) is 8.03. The van der Waals surface area contributed by atoms with Gasteiger partial charge in [-0.05, 0) is 146 Å². The summed E-state index contributed by atoms with van der Waals surface area (Å²) in [4.78, 5) is 0. The first-order chi connectivity index (χ1) is 30.3. The molecule has 294 valence electrons. The zero-order valence-corrected chi connectivity index (χ0v) is 35.6. The third-order valence-corrected chi connectivity index (χ3v) is 14.3. The fourth-order valence-corrected chi connectivity index (χ4v) is 11.1. The number of rotatable bonds is 5. The maximum Gasteiger partial charge on any atom is 0.0159 e. The molecule has 0 spiro atoms. The molecule has 2 aliphatic carbocycles. The van der Waals surface area contributed by atoms with Crippen LogP contribution in [0.4, 0.5) is 0 Å². The van der Waals surface area contributed by atoms with Crippen LogP contribution in [0.3, 0.4) is 0 Å². The number of hydrogen-bond donors (Lipinski definition) is 0. The maximum atomic E-state index is 2.50. The molecule has 0 heterocycles. The van der Waals surface area contributed by atoms with Crippen LogP contribution < -0.4 is 0 Å². The Morgan fingerprint density at radius 1 is 0.226 bits per heavy atom. The molecule has 0 aromatic heterocycles. The molecular weight excluding hydrogens is 745 g/mol. The Morgan fingerprint density at radius 2 is 0.613 bits per heavy atom. The van der Waals surface area contributed by atoms with Gasteiger partial charge >= 0.3 is 0 Å². The Morgan fingerprint density at radius 3 is 1.21 bits per heavy atom. The summed E-state index contributed by atoms with van der Waals surface area (Å²) < 4.78 is 0. The number of hydrogen-bond acceptors (Lipinski definition) is 0. The second-order valence-electron chi connectivity index (χ2n) is 18.4. The van der Waals surface area contributed by atoms with Gasteiger partial charge in [-0.15, -0.1) is 0 Å². The lowest BCUT2D eigenvalue weighted by molar-refractivity contribution is 0.660. The molecule has 62 heavy (non-hydrogen) atoms. The van der Waals surface area contributed by atoms with Crippen molar-refractivity contribution in [2.75, 3.05) is 0 Å². The average Bonchev–Trinajstić information content (AvgIpc) is 3.69. The quantitative estimate of drug-likeness (QED) is 0.152. The van der Waals surface area contributed by atoms with Gasteiger partial charge in [-0.25, -0.2) is 0 Å². The minimum atomic E-state index is -0.109. The van der Waals surface area contributed by atoms with E-state index in [-0.39, 0.29) is 10.8 Å². The molecule has 10 aromatic carbocycles. The summed E-state index contributed by atoms with van der Waals surface area (Å²) in [6, 6.07) is 77.4. The Labute approximate surface area is 364 Å². The molecule has 0 bridgehead atoms. The van der Waals surface area contributed by atoms with Gasteiger partial charge in [-0.1, -0.05) is 210 Å². The molecule has 0 amide bonds. The summed E-state index contributed by atoms with van der Waals surface area (Å²) >= 11 is 0. The zero-order valence-electron chi connectivity index (χ0n) is 35.6. The van der Waals surface area contributed by atoms with E-state index in [4.69, 9.17) is 0 Å². The highest BCUT2D eigenvalue weighted by Crippen LogP contribution is 2.53. The van der Waals surface area contributed by atoms with Crippen molar-refractivity contribution in [1.82, 2.24) is 0 Å². The van der Waals surface area contributed by atoms with Crippen LogP contribution in [0.25, 0.3) is 99.4 Å². The van der Waals surface area contributed by atoms with Crippen molar-refractivity contribution in [3.05, 3.63) is 229 Å². The summed E-state index contributed by atoms with van der Waals surface area (Å²) in [6.07, 6.45) is 0. The van der Waals surface area contributed by atoms with Crippen molar-refractivity contribution in [2.24, 2.45) is 0 Å². The van der Waals surface area contributed by atoms with Crippen LogP contribution in [0.1, 0.15) is 49.9 Å². The van der Waals surface area contributed by atoms with E-state index in [2.05, 4.69) is 234 Å². The van der Waals surface area contributed by atoms with Gasteiger partial charge in [0.25, 0.3) is 0 Å². The lowest BCUT2D eigenvalue weighted by Gasteiger charge is -2.24. The standard InChI is InChI=1S/C62H46/c1-61(2)55-25-15-13-21-46(55)48-32-27-42(37-57(48)61)41-28-34-52-54(35-41)60(44-30-33-49-47-22-14-16-26-56(47)62(3,4)58(49)38-44)51-24-12-11-23-50(51)59(52)43-29-31-45(39-17-7-5-8-18-39)53(36-43)40-19-9-6-10-20-40/h5-38H,1-4H3. The van der Waals surface area contributed by atoms with E-state index < -0.39 is 0 Å². The third kappa shape index (κ3) is 5.39. The minimum Gasteiger partial charge on any atom is -0.0622 e. The highest BCUT2D eigenvalue weighted by atomic mass is 14.4. The summed E-state index contributed by atoms with van der Waals surface area (Å²) in [5.41, 5.74) is 23.2. The molecule has 0 atom stereocenters. The second-order valence-corrected chi connectivity index (χ2v) is 18.4. The molecule has 0 nitrogen and oxygen atoms in total. The molecule has 0 aliphatic heterocycles. The van der Waals surface area contributed by atoms with Gasteiger partial charge in [0.1, 0.15) is 0 Å². The molecule has 12 rings (SSSR count). The molecule has 0 saturated heterocycles. The average molecular weight is 791 g/mol. The predicted molar refractivity (Wildman–Crippen MR) is 264 cm³/mol. The fourth-order valence-electron chi connectivity index (χ4n) is 11.1. The number of benzene rings is 10. The fraction of sp³-hybridized carbons (Fsp3) is 0.0968. The molecule has 0 fully saturated rings. The van der Waals surface area contributed by atoms with E-state index in [1.165, 1.54) is 122 Å². The molecule has 0 radical (unpaired) electrons. The molecule has 0 heteroatoms. The van der Waals surface area contributed by atoms with Gasteiger partial charge in [0.05, 0.1) is 0 Å². The summed E-state index contributed by atoms with van der Waals surface area (Å²) in [7, 11) is 0. The molecule has 0 saturated carbocycles. The van der Waals surface area contributed by atoms with Crippen molar-refractivity contribution >= 4 is 21.5 Å². The molecule has 0 unspecified atom stereocenters. The van der Waals surface area contributed by atoms with Gasteiger partial charge in [0.2, 0.25) is 0 Å². The van der Waals surface area contributed by atoms with Gasteiger partial charge < -0.3 is 0 Å². The first-order valence-corrected chi connectivity index (χ1v) is 22.0. The smallest absolute Gasteiger partial charge is 0.0159 e. The highest BCUT2D eigenvalue weighted by molar-refractivity contribution is 6.22. The third-order valence-electron chi connectivity index (χ3n) is 14.3. The normalized spacial score (nSPS) is 14.1. The first-order valence-electron chi connectivity index (χ1n) is 22.0. The van der Waals surface area contributed by atoms with Gasteiger partial charge in [-0.2, -0.15) is 0 Å². The first kappa shape index (κ1) is 36.6. The Hall–Kier alpha value is -7.28. The maximum absolute atomic E-state index is 2.50. The minimum absolute atomic E-state index is 0.0789. The monoisotopic (exact) mass is 790 g/mol. The Bertz CT molecular complexity index is 3440. The topological polar surface area (TPSA) is 0 Å². The summed E-state index contributed by atoms with van der Waals surface area (Å²) in [5.74, 6) is 0. The van der Waals surface area contributed by atoms with Crippen LogP contribution in [-0.4, -0.2) is 0 Å². The van der Waals surface area contributed by atoms with Crippen molar-refractivity contribution in [1.29, 1.82) is 0 Å².